The molecule has 20 heavy (non-hydrogen) atoms. The van der Waals surface area contributed by atoms with Crippen LogP contribution in [0.4, 0.5) is 31.5 Å². The molecular formula is C8H3F6NO4S. The van der Waals surface area contributed by atoms with Crippen molar-refractivity contribution < 1.29 is 39.2 Å². The smallest absolute Gasteiger partial charge is 0.258 e. The maximum atomic E-state index is 13.1. The third-order valence-electron chi connectivity index (χ3n) is 2.14. The first kappa shape index (κ1) is 16.2. The number of nitro groups is 1. The van der Waals surface area contributed by atoms with Gasteiger partial charge in [-0.05, 0) is 12.1 Å². The normalized spacial score (nSPS) is 13.3. The van der Waals surface area contributed by atoms with Crippen LogP contribution >= 0.6 is 0 Å². The number of alkyl halides is 5. The molecule has 0 heterocycles. The fraction of sp³-hybridized carbons (Fsp3) is 0.250. The first-order valence-corrected chi connectivity index (χ1v) is 5.85. The monoisotopic (exact) mass is 323 g/mol. The lowest BCUT2D eigenvalue weighted by molar-refractivity contribution is -0.392. The van der Waals surface area contributed by atoms with Crippen LogP contribution in [0.5, 0.6) is 0 Å². The van der Waals surface area contributed by atoms with E-state index in [9.17, 15) is 44.4 Å². The SMILES string of the molecule is O=[N+]([O-])c1c(C(F)(F)C(F)(F)F)cccc1S(=O)(=O)F. The summed E-state index contributed by atoms with van der Waals surface area (Å²) in [6, 6.07) is 0.554. The van der Waals surface area contributed by atoms with Gasteiger partial charge in [-0.1, -0.05) is 6.07 Å². The van der Waals surface area contributed by atoms with Gasteiger partial charge in [0.05, 0.1) is 4.92 Å². The predicted octanol–water partition coefficient (Wildman–Crippen LogP) is 2.91. The Kier molecular flexibility index (Phi) is 3.74. The van der Waals surface area contributed by atoms with Gasteiger partial charge in [0.15, 0.2) is 4.90 Å². The Hall–Kier alpha value is -1.85. The molecule has 0 amide bonds. The number of hydrogen-bond donors (Lipinski definition) is 0. The zero-order chi connectivity index (χ0) is 15.9. The summed E-state index contributed by atoms with van der Waals surface area (Å²) in [5, 5.41) is 10.5. The van der Waals surface area contributed by atoms with Crippen molar-refractivity contribution in [2.75, 3.05) is 0 Å². The minimum absolute atomic E-state index is 0.000301. The summed E-state index contributed by atoms with van der Waals surface area (Å²) < 4.78 is 96.7. The van der Waals surface area contributed by atoms with Crippen molar-refractivity contribution in [3.05, 3.63) is 33.9 Å². The van der Waals surface area contributed by atoms with Crippen molar-refractivity contribution in [2.24, 2.45) is 0 Å². The van der Waals surface area contributed by atoms with Crippen molar-refractivity contribution in [3.8, 4) is 0 Å². The average Bonchev–Trinajstić information content (AvgIpc) is 2.25. The molecule has 0 saturated carbocycles. The summed E-state index contributed by atoms with van der Waals surface area (Å²) in [5.74, 6) is -5.71. The molecule has 0 bridgehead atoms. The van der Waals surface area contributed by atoms with E-state index in [1.165, 1.54) is 0 Å². The number of nitro benzene ring substituents is 1. The van der Waals surface area contributed by atoms with Crippen molar-refractivity contribution in [1.29, 1.82) is 0 Å². The van der Waals surface area contributed by atoms with Crippen LogP contribution in [0.25, 0.3) is 0 Å². The van der Waals surface area contributed by atoms with Crippen molar-refractivity contribution in [2.45, 2.75) is 17.0 Å². The second-order valence-corrected chi connectivity index (χ2v) is 4.73. The highest BCUT2D eigenvalue weighted by Gasteiger charge is 2.62. The third kappa shape index (κ3) is 2.69. The topological polar surface area (TPSA) is 77.3 Å². The Balaban J connectivity index is 3.80. The molecule has 1 aromatic rings. The van der Waals surface area contributed by atoms with Gasteiger partial charge in [0, 0.05) is 0 Å². The summed E-state index contributed by atoms with van der Waals surface area (Å²) in [5.41, 5.74) is -4.41. The van der Waals surface area contributed by atoms with E-state index in [4.69, 9.17) is 0 Å². The van der Waals surface area contributed by atoms with E-state index in [1.807, 2.05) is 0 Å². The quantitative estimate of drug-likeness (QED) is 0.371. The van der Waals surface area contributed by atoms with Gasteiger partial charge in [-0.15, -0.1) is 3.89 Å². The molecule has 0 N–H and O–H groups in total. The molecule has 0 aliphatic heterocycles. The average molecular weight is 323 g/mol. The Bertz CT molecular complexity index is 653. The highest BCUT2D eigenvalue weighted by molar-refractivity contribution is 7.86. The van der Waals surface area contributed by atoms with Crippen LogP contribution in [0.2, 0.25) is 0 Å². The van der Waals surface area contributed by atoms with Crippen molar-refractivity contribution in [3.63, 3.8) is 0 Å². The van der Waals surface area contributed by atoms with Crippen LogP contribution < -0.4 is 0 Å². The maximum absolute atomic E-state index is 13.1. The number of nitrogens with zero attached hydrogens (tertiary/aromatic N) is 1. The number of para-hydroxylation sites is 1. The van der Waals surface area contributed by atoms with E-state index >= 15 is 0 Å². The second-order valence-electron chi connectivity index (χ2n) is 3.42. The summed E-state index contributed by atoms with van der Waals surface area (Å²) in [6.07, 6.45) is -6.21. The number of halogens is 6. The van der Waals surface area contributed by atoms with E-state index in [1.54, 1.807) is 0 Å². The molecule has 12 heteroatoms. The van der Waals surface area contributed by atoms with Crippen LogP contribution in [-0.2, 0) is 16.1 Å². The van der Waals surface area contributed by atoms with Crippen molar-refractivity contribution >= 4 is 15.9 Å². The lowest BCUT2D eigenvalue weighted by Gasteiger charge is -2.19. The van der Waals surface area contributed by atoms with Gasteiger partial charge in [-0.2, -0.15) is 30.4 Å². The fourth-order valence-corrected chi connectivity index (χ4v) is 1.97. The second kappa shape index (κ2) is 4.61. The summed E-state index contributed by atoms with van der Waals surface area (Å²) in [6.45, 7) is 0. The first-order valence-electron chi connectivity index (χ1n) is 4.47. The van der Waals surface area contributed by atoms with Crippen LogP contribution in [0.1, 0.15) is 5.56 Å². The number of rotatable bonds is 3. The zero-order valence-corrected chi connectivity index (χ0v) is 9.80. The van der Waals surface area contributed by atoms with Crippen LogP contribution in [-0.4, -0.2) is 19.5 Å². The van der Waals surface area contributed by atoms with Gasteiger partial charge in [0.1, 0.15) is 5.56 Å². The van der Waals surface area contributed by atoms with Gasteiger partial charge < -0.3 is 0 Å². The van der Waals surface area contributed by atoms with Crippen LogP contribution in [0.15, 0.2) is 23.1 Å². The number of hydrogen-bond acceptors (Lipinski definition) is 4. The molecule has 1 rings (SSSR count). The summed E-state index contributed by atoms with van der Waals surface area (Å²) in [7, 11) is -5.85. The fourth-order valence-electron chi connectivity index (χ4n) is 1.31. The van der Waals surface area contributed by atoms with Crippen LogP contribution in [0.3, 0.4) is 0 Å². The molecule has 0 fully saturated rings. The van der Waals surface area contributed by atoms with E-state index in [0.717, 1.165) is 0 Å². The molecule has 5 nitrogen and oxygen atoms in total. The van der Waals surface area contributed by atoms with E-state index in [-0.39, 0.29) is 12.1 Å². The Morgan fingerprint density at radius 2 is 1.60 bits per heavy atom. The summed E-state index contributed by atoms with van der Waals surface area (Å²) >= 11 is 0. The van der Waals surface area contributed by atoms with Gasteiger partial charge in [-0.3, -0.25) is 10.1 Å². The third-order valence-corrected chi connectivity index (χ3v) is 2.99. The molecule has 0 spiro atoms. The Morgan fingerprint density at radius 1 is 1.10 bits per heavy atom. The highest BCUT2D eigenvalue weighted by Crippen LogP contribution is 2.48. The molecule has 0 aliphatic rings. The van der Waals surface area contributed by atoms with Gasteiger partial charge in [0.2, 0.25) is 0 Å². The molecule has 0 atom stereocenters. The highest BCUT2D eigenvalue weighted by atomic mass is 32.3. The van der Waals surface area contributed by atoms with Gasteiger partial charge in [-0.25, -0.2) is 0 Å². The molecule has 112 valence electrons. The number of benzene rings is 1. The van der Waals surface area contributed by atoms with E-state index < -0.39 is 43.4 Å². The predicted molar refractivity (Wildman–Crippen MR) is 51.3 cm³/mol. The molecule has 0 aliphatic carbocycles. The van der Waals surface area contributed by atoms with Crippen LogP contribution in [0, 0.1) is 10.1 Å². The molecule has 1 aromatic carbocycles. The van der Waals surface area contributed by atoms with Gasteiger partial charge >= 0.3 is 22.3 Å². The minimum Gasteiger partial charge on any atom is -0.258 e. The van der Waals surface area contributed by atoms with Gasteiger partial charge in [0.25, 0.3) is 5.69 Å². The molecule has 0 unspecified atom stereocenters. The van der Waals surface area contributed by atoms with E-state index in [2.05, 4.69) is 0 Å². The largest absolute Gasteiger partial charge is 0.458 e. The maximum Gasteiger partial charge on any atom is 0.458 e. The standard InChI is InChI=1S/C8H3F6NO4S/c9-7(10,8(11,12)13)4-2-1-3-5(20(14,18)19)6(4)15(16)17/h1-3H. The lowest BCUT2D eigenvalue weighted by Crippen LogP contribution is -2.34. The lowest BCUT2D eigenvalue weighted by atomic mass is 10.1. The summed E-state index contributed by atoms with van der Waals surface area (Å²) in [4.78, 5) is 6.85. The van der Waals surface area contributed by atoms with E-state index in [0.29, 0.717) is 6.07 Å². The molecular weight excluding hydrogens is 320 g/mol. The Labute approximate surface area is 107 Å². The molecule has 0 radical (unpaired) electrons. The van der Waals surface area contributed by atoms with Crippen molar-refractivity contribution in [1.82, 2.24) is 0 Å². The Morgan fingerprint density at radius 3 is 1.95 bits per heavy atom. The zero-order valence-electron chi connectivity index (χ0n) is 8.99. The molecule has 0 saturated heterocycles. The molecule has 0 aromatic heterocycles. The first-order chi connectivity index (χ1) is 8.80. The minimum atomic E-state index is -6.21.